The van der Waals surface area contributed by atoms with Gasteiger partial charge in [0.2, 0.25) is 0 Å². The van der Waals surface area contributed by atoms with E-state index < -0.39 is 0 Å². The largest absolute Gasteiger partial charge is 0.494 e. The predicted molar refractivity (Wildman–Crippen MR) is 244 cm³/mol. The Kier molecular flexibility index (Phi) is 15.9. The lowest BCUT2D eigenvalue weighted by Gasteiger charge is -2.36. The van der Waals surface area contributed by atoms with Crippen LogP contribution in [0.15, 0.2) is 84.9 Å². The lowest BCUT2D eigenvalue weighted by Crippen LogP contribution is -2.28. The Labute approximate surface area is 347 Å². The van der Waals surface area contributed by atoms with Crippen molar-refractivity contribution in [2.45, 2.75) is 149 Å². The van der Waals surface area contributed by atoms with Gasteiger partial charge < -0.3 is 20.9 Å². The summed E-state index contributed by atoms with van der Waals surface area (Å²) in [6.07, 6.45) is 13.8. The fraction of sp³-hybridized carbons (Fsp3) is 0.547. The van der Waals surface area contributed by atoms with E-state index in [1.54, 1.807) is 11.1 Å². The first-order valence-electron chi connectivity index (χ1n) is 22.6. The molecule has 0 amide bonds. The Bertz CT molecular complexity index is 1690. The van der Waals surface area contributed by atoms with Gasteiger partial charge >= 0.3 is 0 Å². The Morgan fingerprint density at radius 3 is 1.23 bits per heavy atom. The summed E-state index contributed by atoms with van der Waals surface area (Å²) in [7, 11) is 0. The summed E-state index contributed by atoms with van der Waals surface area (Å²) in [5.41, 5.74) is 22.3. The Hall–Kier alpha value is -3.60. The molecule has 4 heteroatoms. The number of fused-ring (bicyclic) bond motifs is 3. The summed E-state index contributed by atoms with van der Waals surface area (Å²) < 4.78 is 12.1. The first kappa shape index (κ1) is 44.5. The Morgan fingerprint density at radius 1 is 0.509 bits per heavy atom. The SMILES string of the molecule is CCC(C)CCCC1(CCCC(C)CC)c2cc(C(C)(C)c3ccc(OCCCCN)cc3)ccc2-c2ccc(C(C)(C)c3ccc(OCCCCN)cc3)cc21. The van der Waals surface area contributed by atoms with Crippen LogP contribution in [0, 0.1) is 11.8 Å². The Morgan fingerprint density at radius 2 is 0.877 bits per heavy atom. The molecule has 0 heterocycles. The molecule has 5 rings (SSSR count). The van der Waals surface area contributed by atoms with Crippen LogP contribution in [0.1, 0.15) is 166 Å². The van der Waals surface area contributed by atoms with E-state index in [2.05, 4.69) is 140 Å². The molecular weight excluding hydrogens is 697 g/mol. The molecule has 1 aliphatic rings. The monoisotopic (exact) mass is 773 g/mol. The Balaban J connectivity index is 1.56. The van der Waals surface area contributed by atoms with Gasteiger partial charge in [0.05, 0.1) is 13.2 Å². The third-order valence-corrected chi connectivity index (χ3v) is 13.7. The van der Waals surface area contributed by atoms with Gasteiger partial charge in [0.1, 0.15) is 11.5 Å². The zero-order valence-electron chi connectivity index (χ0n) is 37.0. The molecular formula is C53H76N2O2. The summed E-state index contributed by atoms with van der Waals surface area (Å²) in [4.78, 5) is 0. The molecule has 4 N–H and O–H groups in total. The van der Waals surface area contributed by atoms with Crippen molar-refractivity contribution in [1.29, 1.82) is 0 Å². The molecule has 310 valence electrons. The number of unbranched alkanes of at least 4 members (excludes halogenated alkanes) is 2. The van der Waals surface area contributed by atoms with Crippen LogP contribution in [0.3, 0.4) is 0 Å². The molecule has 0 bridgehead atoms. The van der Waals surface area contributed by atoms with Gasteiger partial charge in [-0.15, -0.1) is 0 Å². The minimum absolute atomic E-state index is 0.0355. The molecule has 2 unspecified atom stereocenters. The number of hydrogen-bond donors (Lipinski definition) is 2. The lowest BCUT2D eigenvalue weighted by atomic mass is 9.67. The van der Waals surface area contributed by atoms with Crippen molar-refractivity contribution in [2.75, 3.05) is 26.3 Å². The predicted octanol–water partition coefficient (Wildman–Crippen LogP) is 13.3. The van der Waals surface area contributed by atoms with Gasteiger partial charge in [-0.05, 0) is 132 Å². The van der Waals surface area contributed by atoms with Crippen molar-refractivity contribution < 1.29 is 9.47 Å². The molecule has 4 aromatic rings. The second kappa shape index (κ2) is 20.4. The van der Waals surface area contributed by atoms with E-state index in [4.69, 9.17) is 20.9 Å². The normalized spacial score (nSPS) is 14.6. The quantitative estimate of drug-likeness (QED) is 0.0696. The highest BCUT2D eigenvalue weighted by Crippen LogP contribution is 2.56. The standard InChI is InChI=1S/C53H76N2O2/c1-9-39(3)17-15-31-53(32-16-18-40(4)10-2)49-37-43(51(5,6)41-19-25-45(26-20-41)56-35-13-11-33-54)23-29-47(49)48-30-24-44(38-50(48)53)52(7,8)42-21-27-46(28-22-42)57-36-14-12-34-55/h19-30,37-40H,9-18,31-36,54-55H2,1-8H3. The van der Waals surface area contributed by atoms with E-state index in [1.165, 1.54) is 84.7 Å². The molecule has 4 nitrogen and oxygen atoms in total. The molecule has 0 radical (unpaired) electrons. The van der Waals surface area contributed by atoms with Crippen LogP contribution in [-0.4, -0.2) is 26.3 Å². The second-order valence-electron chi connectivity index (χ2n) is 18.4. The zero-order valence-corrected chi connectivity index (χ0v) is 37.0. The van der Waals surface area contributed by atoms with Crippen molar-refractivity contribution >= 4 is 0 Å². The maximum Gasteiger partial charge on any atom is 0.119 e. The van der Waals surface area contributed by atoms with Crippen LogP contribution >= 0.6 is 0 Å². The van der Waals surface area contributed by atoms with Gasteiger partial charge in [-0.1, -0.05) is 155 Å². The van der Waals surface area contributed by atoms with Crippen molar-refractivity contribution in [3.8, 4) is 22.6 Å². The molecule has 0 spiro atoms. The first-order chi connectivity index (χ1) is 27.4. The number of ether oxygens (including phenoxy) is 2. The van der Waals surface area contributed by atoms with Gasteiger partial charge in [-0.3, -0.25) is 0 Å². The fourth-order valence-electron chi connectivity index (χ4n) is 8.99. The molecule has 0 aromatic heterocycles. The topological polar surface area (TPSA) is 70.5 Å². The summed E-state index contributed by atoms with van der Waals surface area (Å²) in [6.45, 7) is 21.9. The zero-order chi connectivity index (χ0) is 41.1. The van der Waals surface area contributed by atoms with Crippen molar-refractivity contribution in [3.05, 3.63) is 118 Å². The molecule has 4 aromatic carbocycles. The molecule has 57 heavy (non-hydrogen) atoms. The van der Waals surface area contributed by atoms with Gasteiger partial charge in [0.15, 0.2) is 0 Å². The minimum Gasteiger partial charge on any atom is -0.494 e. The molecule has 0 aliphatic heterocycles. The van der Waals surface area contributed by atoms with Crippen LogP contribution < -0.4 is 20.9 Å². The molecule has 0 saturated carbocycles. The maximum atomic E-state index is 6.05. The fourth-order valence-corrected chi connectivity index (χ4v) is 8.99. The van der Waals surface area contributed by atoms with Crippen LogP contribution in [0.2, 0.25) is 0 Å². The summed E-state index contributed by atoms with van der Waals surface area (Å²) in [5, 5.41) is 0. The minimum atomic E-state index is -0.172. The van der Waals surface area contributed by atoms with E-state index in [1.807, 2.05) is 0 Å². The molecule has 0 saturated heterocycles. The summed E-state index contributed by atoms with van der Waals surface area (Å²) in [5.74, 6) is 3.33. The number of hydrogen-bond acceptors (Lipinski definition) is 4. The van der Waals surface area contributed by atoms with E-state index in [0.717, 1.165) is 49.0 Å². The average molecular weight is 773 g/mol. The van der Waals surface area contributed by atoms with E-state index in [-0.39, 0.29) is 16.2 Å². The second-order valence-corrected chi connectivity index (χ2v) is 18.4. The van der Waals surface area contributed by atoms with Gasteiger partial charge in [-0.25, -0.2) is 0 Å². The number of nitrogens with two attached hydrogens (primary N) is 2. The summed E-state index contributed by atoms with van der Waals surface area (Å²) >= 11 is 0. The van der Waals surface area contributed by atoms with E-state index in [9.17, 15) is 0 Å². The lowest BCUT2D eigenvalue weighted by molar-refractivity contribution is 0.307. The van der Waals surface area contributed by atoms with Crippen molar-refractivity contribution in [3.63, 3.8) is 0 Å². The molecule has 0 fully saturated rings. The first-order valence-corrected chi connectivity index (χ1v) is 22.6. The van der Waals surface area contributed by atoms with Crippen molar-refractivity contribution in [2.24, 2.45) is 23.3 Å². The summed E-state index contributed by atoms with van der Waals surface area (Å²) in [6, 6.07) is 32.6. The highest BCUT2D eigenvalue weighted by molar-refractivity contribution is 5.82. The van der Waals surface area contributed by atoms with Crippen LogP contribution in [-0.2, 0) is 16.2 Å². The van der Waals surface area contributed by atoms with Crippen LogP contribution in [0.5, 0.6) is 11.5 Å². The van der Waals surface area contributed by atoms with Crippen molar-refractivity contribution in [1.82, 2.24) is 0 Å². The average Bonchev–Trinajstić information content (AvgIpc) is 3.49. The van der Waals surface area contributed by atoms with Crippen LogP contribution in [0.25, 0.3) is 11.1 Å². The smallest absolute Gasteiger partial charge is 0.119 e. The number of rotatable bonds is 24. The third-order valence-electron chi connectivity index (χ3n) is 13.7. The highest BCUT2D eigenvalue weighted by atomic mass is 16.5. The van der Waals surface area contributed by atoms with Gasteiger partial charge in [-0.2, -0.15) is 0 Å². The molecule has 1 aliphatic carbocycles. The van der Waals surface area contributed by atoms with E-state index in [0.29, 0.717) is 26.3 Å². The van der Waals surface area contributed by atoms with E-state index >= 15 is 0 Å². The highest BCUT2D eigenvalue weighted by Gasteiger charge is 2.44. The third kappa shape index (κ3) is 10.5. The number of benzene rings is 4. The molecule has 2 atom stereocenters. The van der Waals surface area contributed by atoms with Crippen LogP contribution in [0.4, 0.5) is 0 Å². The van der Waals surface area contributed by atoms with Gasteiger partial charge in [0, 0.05) is 16.2 Å². The maximum absolute atomic E-state index is 6.05. The van der Waals surface area contributed by atoms with Gasteiger partial charge in [0.25, 0.3) is 0 Å².